The molecule has 0 aliphatic carbocycles. The van der Waals surface area contributed by atoms with Gasteiger partial charge in [0.05, 0.1) is 12.8 Å². The number of carboxylic acids is 1. The maximum atomic E-state index is 15.7. The molecule has 0 amide bonds. The van der Waals surface area contributed by atoms with E-state index in [0.717, 1.165) is 11.6 Å². The van der Waals surface area contributed by atoms with Gasteiger partial charge in [0.1, 0.15) is 30.9 Å². The zero-order valence-electron chi connectivity index (χ0n) is 22.0. The highest BCUT2D eigenvalue weighted by Crippen LogP contribution is 2.35. The topological polar surface area (TPSA) is 207 Å². The van der Waals surface area contributed by atoms with Crippen molar-refractivity contribution in [3.63, 3.8) is 0 Å². The molecular formula is C26H28F2N8O5. The van der Waals surface area contributed by atoms with Crippen LogP contribution in [0.2, 0.25) is 0 Å². The largest absolute Gasteiger partial charge is 0.497 e. The molecule has 15 heteroatoms. The summed E-state index contributed by atoms with van der Waals surface area (Å²) in [6.07, 6.45) is 1.45. The van der Waals surface area contributed by atoms with E-state index in [9.17, 15) is 9.18 Å². The number of methoxy groups -OCH3 is 1. The molecule has 0 aliphatic rings. The van der Waals surface area contributed by atoms with E-state index in [0.29, 0.717) is 11.3 Å². The van der Waals surface area contributed by atoms with Crippen LogP contribution in [0.15, 0.2) is 59.5 Å². The fraction of sp³-hybridized carbons (Fsp3) is 0.192. The van der Waals surface area contributed by atoms with Crippen LogP contribution in [-0.2, 0) is 4.79 Å². The second kappa shape index (κ2) is 13.5. The van der Waals surface area contributed by atoms with E-state index in [-0.39, 0.29) is 46.8 Å². The Balaban J connectivity index is 0.00000108. The fourth-order valence-electron chi connectivity index (χ4n) is 3.58. The molecule has 0 aliphatic heterocycles. The standard InChI is InChI=1S/C24H24F2N8O3.C2H4O2/c1-36-15-11-16(19(26)18(12-15)37-10-8-25)20(31-14-6-4-13(5-7-14)21(28)29)22-32-24(35)34(33-22)23-17(27)3-2-9-30-23;1-2(3)4/h2-7,9,11-12,20,31H,8,10,27H2,1H3,(H3,28,29)(H,32,33,35);1H3,(H,3,4)/t20-;/m0./s1. The highest BCUT2D eigenvalue weighted by atomic mass is 19.1. The monoisotopic (exact) mass is 570 g/mol. The van der Waals surface area contributed by atoms with E-state index >= 15 is 4.39 Å². The van der Waals surface area contributed by atoms with E-state index in [4.69, 9.17) is 36.3 Å². The second-order valence-corrected chi connectivity index (χ2v) is 8.30. The van der Waals surface area contributed by atoms with Gasteiger partial charge in [-0.25, -0.2) is 18.6 Å². The van der Waals surface area contributed by atoms with Crippen LogP contribution in [0.4, 0.5) is 20.2 Å². The number of H-pyrrole nitrogens is 1. The molecule has 2 aromatic carbocycles. The molecule has 0 radical (unpaired) electrons. The molecule has 4 rings (SSSR count). The van der Waals surface area contributed by atoms with Crippen molar-refractivity contribution in [3.8, 4) is 17.3 Å². The number of carbonyl (C=O) groups is 1. The summed E-state index contributed by atoms with van der Waals surface area (Å²) in [5.74, 6) is -1.64. The molecule has 0 saturated heterocycles. The number of nitrogens with zero attached hydrogens (tertiary/aromatic N) is 3. The number of aromatic nitrogens is 4. The number of aliphatic carboxylic acids is 1. The number of hydrogen-bond donors (Lipinski definition) is 6. The molecule has 1 atom stereocenters. The number of pyridine rings is 1. The highest BCUT2D eigenvalue weighted by molar-refractivity contribution is 5.95. The molecule has 41 heavy (non-hydrogen) atoms. The molecule has 13 nitrogen and oxygen atoms in total. The highest BCUT2D eigenvalue weighted by Gasteiger charge is 2.27. The average Bonchev–Trinajstić information content (AvgIpc) is 3.32. The summed E-state index contributed by atoms with van der Waals surface area (Å²) in [5.41, 5.74) is 12.0. The molecule has 2 heterocycles. The number of carboxylic acid groups (broad SMARTS) is 1. The number of nitrogens with two attached hydrogens (primary N) is 2. The molecule has 4 aromatic rings. The van der Waals surface area contributed by atoms with Crippen molar-refractivity contribution in [3.05, 3.63) is 88.0 Å². The maximum absolute atomic E-state index is 15.7. The minimum absolute atomic E-state index is 0.00116. The number of rotatable bonds is 10. The van der Waals surface area contributed by atoms with Gasteiger partial charge in [-0.15, -0.1) is 5.10 Å². The Kier molecular flexibility index (Phi) is 9.94. The van der Waals surface area contributed by atoms with E-state index in [2.05, 4.69) is 20.4 Å². The van der Waals surface area contributed by atoms with Gasteiger partial charge in [0.25, 0.3) is 5.97 Å². The molecule has 216 valence electrons. The van der Waals surface area contributed by atoms with Crippen LogP contribution < -0.4 is 31.9 Å². The summed E-state index contributed by atoms with van der Waals surface area (Å²) in [5, 5.41) is 22.5. The number of halogens is 2. The molecule has 8 N–H and O–H groups in total. The van der Waals surface area contributed by atoms with Crippen molar-refractivity contribution < 1.29 is 28.2 Å². The normalized spacial score (nSPS) is 11.1. The first-order chi connectivity index (χ1) is 19.5. The van der Waals surface area contributed by atoms with Gasteiger partial charge in [0, 0.05) is 36.0 Å². The third-order valence-electron chi connectivity index (χ3n) is 5.36. The Morgan fingerprint density at radius 1 is 1.27 bits per heavy atom. The van der Waals surface area contributed by atoms with Crippen LogP contribution in [0, 0.1) is 11.2 Å². The molecule has 0 bridgehead atoms. The van der Waals surface area contributed by atoms with Crippen LogP contribution >= 0.6 is 0 Å². The smallest absolute Gasteiger partial charge is 0.349 e. The number of nitrogen functional groups attached to an aromatic ring is 2. The lowest BCUT2D eigenvalue weighted by molar-refractivity contribution is -0.134. The van der Waals surface area contributed by atoms with Gasteiger partial charge in [-0.1, -0.05) is 0 Å². The van der Waals surface area contributed by atoms with Gasteiger partial charge in [0.15, 0.2) is 23.2 Å². The van der Waals surface area contributed by atoms with E-state index < -0.39 is 30.2 Å². The van der Waals surface area contributed by atoms with E-state index in [1.54, 1.807) is 36.4 Å². The van der Waals surface area contributed by atoms with Crippen LogP contribution in [-0.4, -0.2) is 57.1 Å². The zero-order chi connectivity index (χ0) is 30.1. The lowest BCUT2D eigenvalue weighted by Gasteiger charge is -2.21. The number of nitrogens with one attached hydrogen (secondary N) is 3. The molecule has 0 saturated carbocycles. The van der Waals surface area contributed by atoms with Crippen molar-refractivity contribution >= 4 is 23.2 Å². The van der Waals surface area contributed by atoms with Crippen LogP contribution in [0.1, 0.15) is 29.9 Å². The number of anilines is 2. The Labute approximate surface area is 232 Å². The van der Waals surface area contributed by atoms with E-state index in [1.807, 2.05) is 0 Å². The molecule has 0 spiro atoms. The summed E-state index contributed by atoms with van der Waals surface area (Å²) in [7, 11) is 1.39. The summed E-state index contributed by atoms with van der Waals surface area (Å²) < 4.78 is 39.9. The zero-order valence-corrected chi connectivity index (χ0v) is 22.0. The molecular weight excluding hydrogens is 542 g/mol. The number of benzene rings is 2. The number of aromatic amines is 1. The minimum Gasteiger partial charge on any atom is -0.497 e. The van der Waals surface area contributed by atoms with Crippen molar-refractivity contribution in [1.29, 1.82) is 5.41 Å². The Morgan fingerprint density at radius 3 is 2.54 bits per heavy atom. The molecule has 0 fully saturated rings. The van der Waals surface area contributed by atoms with Crippen molar-refractivity contribution in [2.24, 2.45) is 5.73 Å². The van der Waals surface area contributed by atoms with Gasteiger partial charge in [0.2, 0.25) is 0 Å². The van der Waals surface area contributed by atoms with Crippen molar-refractivity contribution in [2.75, 3.05) is 31.4 Å². The first kappa shape index (κ1) is 30.1. The Hall–Kier alpha value is -5.47. The predicted molar refractivity (Wildman–Crippen MR) is 147 cm³/mol. The maximum Gasteiger partial charge on any atom is 0.349 e. The fourth-order valence-corrected chi connectivity index (χ4v) is 3.58. The molecule has 0 unspecified atom stereocenters. The summed E-state index contributed by atoms with van der Waals surface area (Å²) >= 11 is 0. The van der Waals surface area contributed by atoms with Crippen molar-refractivity contribution in [1.82, 2.24) is 19.7 Å². The van der Waals surface area contributed by atoms with Crippen LogP contribution in [0.3, 0.4) is 0 Å². The summed E-state index contributed by atoms with van der Waals surface area (Å²) in [6.45, 7) is -0.0993. The van der Waals surface area contributed by atoms with Crippen LogP contribution in [0.25, 0.3) is 5.82 Å². The second-order valence-electron chi connectivity index (χ2n) is 8.30. The third kappa shape index (κ3) is 7.56. The lowest BCUT2D eigenvalue weighted by atomic mass is 10.0. The van der Waals surface area contributed by atoms with Gasteiger partial charge >= 0.3 is 5.69 Å². The van der Waals surface area contributed by atoms with Gasteiger partial charge in [-0.2, -0.15) is 4.68 Å². The number of ether oxygens (including phenoxy) is 2. The summed E-state index contributed by atoms with van der Waals surface area (Å²) in [4.78, 5) is 28.5. The third-order valence-corrected chi connectivity index (χ3v) is 5.36. The molecule has 2 aromatic heterocycles. The van der Waals surface area contributed by atoms with Gasteiger partial charge in [-0.3, -0.25) is 15.2 Å². The average molecular weight is 571 g/mol. The van der Waals surface area contributed by atoms with E-state index in [1.165, 1.54) is 25.4 Å². The van der Waals surface area contributed by atoms with Crippen molar-refractivity contribution in [2.45, 2.75) is 13.0 Å². The predicted octanol–water partition coefficient (Wildman–Crippen LogP) is 2.61. The van der Waals surface area contributed by atoms with Gasteiger partial charge < -0.3 is 31.4 Å². The number of alkyl halides is 1. The number of amidine groups is 1. The lowest BCUT2D eigenvalue weighted by Crippen LogP contribution is -2.18. The van der Waals surface area contributed by atoms with Gasteiger partial charge in [-0.05, 0) is 42.5 Å². The Bertz CT molecular complexity index is 1570. The first-order valence-corrected chi connectivity index (χ1v) is 11.9. The SMILES string of the molecule is CC(=O)O.COc1cc(OCCF)c(F)c([C@H](Nc2ccc(C(=N)N)cc2)c2nn(-c3ncccc3N)c(=O)[nH]2)c1. The number of hydrogen-bond acceptors (Lipinski definition) is 9. The summed E-state index contributed by atoms with van der Waals surface area (Å²) in [6, 6.07) is 11.3. The Morgan fingerprint density at radius 2 is 1.95 bits per heavy atom. The quantitative estimate of drug-likeness (QED) is 0.121. The first-order valence-electron chi connectivity index (χ1n) is 11.9. The van der Waals surface area contributed by atoms with Crippen LogP contribution in [0.5, 0.6) is 11.5 Å². The minimum atomic E-state index is -1.08.